The van der Waals surface area contributed by atoms with E-state index < -0.39 is 6.09 Å². The van der Waals surface area contributed by atoms with Gasteiger partial charge >= 0.3 is 6.09 Å². The lowest BCUT2D eigenvalue weighted by Crippen LogP contribution is -2.46. The molecule has 0 spiro atoms. The highest BCUT2D eigenvalue weighted by molar-refractivity contribution is 5.66. The molecule has 0 aromatic heterocycles. The Morgan fingerprint density at radius 2 is 2.00 bits per heavy atom. The van der Waals surface area contributed by atoms with E-state index in [1.54, 1.807) is 4.90 Å². The van der Waals surface area contributed by atoms with Gasteiger partial charge < -0.3 is 10.0 Å². The lowest BCUT2D eigenvalue weighted by atomic mass is 9.74. The van der Waals surface area contributed by atoms with Crippen LogP contribution < -0.4 is 0 Å². The van der Waals surface area contributed by atoms with E-state index in [-0.39, 0.29) is 17.4 Å². The summed E-state index contributed by atoms with van der Waals surface area (Å²) >= 11 is 0. The Bertz CT molecular complexity index is 353. The molecule has 3 atom stereocenters. The Balaban J connectivity index is 2.22. The number of carboxylic acid groups (broad SMARTS) is 1. The standard InChI is InChI=1S/C12H21N3O3/c1-12(2,3)10-9-4-5-14(13-18)6-8(9)7-15(10)11(16)17/h8-10H,4-7H2,1-3H3,(H,16,17). The first-order valence-corrected chi connectivity index (χ1v) is 6.42. The minimum absolute atomic E-state index is 0.0359. The summed E-state index contributed by atoms with van der Waals surface area (Å²) in [5.74, 6) is 0.580. The fourth-order valence-electron chi connectivity index (χ4n) is 3.62. The van der Waals surface area contributed by atoms with Crippen LogP contribution in [0.2, 0.25) is 0 Å². The lowest BCUT2D eigenvalue weighted by Gasteiger charge is -2.39. The minimum atomic E-state index is -0.852. The van der Waals surface area contributed by atoms with Gasteiger partial charge in [-0.05, 0) is 17.8 Å². The third-order valence-corrected chi connectivity index (χ3v) is 4.19. The maximum absolute atomic E-state index is 11.4. The molecule has 2 aliphatic rings. The average Bonchev–Trinajstić information content (AvgIpc) is 2.66. The summed E-state index contributed by atoms with van der Waals surface area (Å²) in [7, 11) is 0. The molecule has 2 rings (SSSR count). The predicted molar refractivity (Wildman–Crippen MR) is 66.9 cm³/mol. The molecular weight excluding hydrogens is 234 g/mol. The second-order valence-corrected chi connectivity index (χ2v) is 6.45. The molecule has 6 nitrogen and oxygen atoms in total. The van der Waals surface area contributed by atoms with Crippen molar-refractivity contribution < 1.29 is 9.90 Å². The normalized spacial score (nSPS) is 32.3. The highest BCUT2D eigenvalue weighted by atomic mass is 16.4. The fourth-order valence-corrected chi connectivity index (χ4v) is 3.62. The van der Waals surface area contributed by atoms with Crippen molar-refractivity contribution >= 4 is 6.09 Å². The van der Waals surface area contributed by atoms with Gasteiger partial charge in [-0.3, -0.25) is 5.01 Å². The maximum Gasteiger partial charge on any atom is 0.407 e. The van der Waals surface area contributed by atoms with Gasteiger partial charge in [0.15, 0.2) is 0 Å². The summed E-state index contributed by atoms with van der Waals surface area (Å²) in [6.07, 6.45) is -0.00258. The van der Waals surface area contributed by atoms with E-state index in [0.717, 1.165) is 6.42 Å². The van der Waals surface area contributed by atoms with Crippen molar-refractivity contribution in [1.29, 1.82) is 0 Å². The van der Waals surface area contributed by atoms with Gasteiger partial charge in [-0.25, -0.2) is 4.79 Å². The van der Waals surface area contributed by atoms with E-state index in [4.69, 9.17) is 0 Å². The van der Waals surface area contributed by atoms with Crippen LogP contribution in [-0.2, 0) is 0 Å². The van der Waals surface area contributed by atoms with E-state index in [9.17, 15) is 14.8 Å². The molecular formula is C12H21N3O3. The molecule has 6 heteroatoms. The Hall–Kier alpha value is -1.33. The molecule has 3 unspecified atom stereocenters. The van der Waals surface area contributed by atoms with Crippen molar-refractivity contribution in [2.24, 2.45) is 22.5 Å². The van der Waals surface area contributed by atoms with Crippen LogP contribution in [0.15, 0.2) is 5.29 Å². The van der Waals surface area contributed by atoms with E-state index in [1.165, 1.54) is 5.01 Å². The number of likely N-dealkylation sites (tertiary alicyclic amines) is 1. The summed E-state index contributed by atoms with van der Waals surface area (Å²) in [6, 6.07) is 0.0359. The number of hydrogen-bond acceptors (Lipinski definition) is 3. The largest absolute Gasteiger partial charge is 0.465 e. The molecule has 0 radical (unpaired) electrons. The van der Waals surface area contributed by atoms with Gasteiger partial charge in [-0.1, -0.05) is 20.8 Å². The molecule has 0 aliphatic carbocycles. The SMILES string of the molecule is CC(C)(C)C1C2CCN(N=O)CC2CN1C(=O)O. The number of carbonyl (C=O) groups is 1. The monoisotopic (exact) mass is 255 g/mol. The molecule has 2 aliphatic heterocycles. The molecule has 0 saturated carbocycles. The van der Waals surface area contributed by atoms with E-state index in [2.05, 4.69) is 26.1 Å². The van der Waals surface area contributed by atoms with Crippen molar-refractivity contribution in [3.8, 4) is 0 Å². The Labute approximate surface area is 107 Å². The van der Waals surface area contributed by atoms with Crippen LogP contribution in [0.5, 0.6) is 0 Å². The average molecular weight is 255 g/mol. The first-order valence-electron chi connectivity index (χ1n) is 6.42. The minimum Gasteiger partial charge on any atom is -0.465 e. The number of fused-ring (bicyclic) bond motifs is 1. The molecule has 1 amide bonds. The van der Waals surface area contributed by atoms with Crippen molar-refractivity contribution in [2.75, 3.05) is 19.6 Å². The highest BCUT2D eigenvalue weighted by Crippen LogP contribution is 2.43. The van der Waals surface area contributed by atoms with Crippen molar-refractivity contribution in [3.63, 3.8) is 0 Å². The molecule has 2 fully saturated rings. The van der Waals surface area contributed by atoms with Crippen LogP contribution in [0.3, 0.4) is 0 Å². The number of nitrogens with zero attached hydrogens (tertiary/aromatic N) is 3. The topological polar surface area (TPSA) is 73.2 Å². The predicted octanol–water partition coefficient (Wildman–Crippen LogP) is 2.01. The van der Waals surface area contributed by atoms with Crippen molar-refractivity contribution in [3.05, 3.63) is 4.91 Å². The summed E-state index contributed by atoms with van der Waals surface area (Å²) in [5.41, 5.74) is -0.0748. The van der Waals surface area contributed by atoms with E-state index in [0.29, 0.717) is 25.6 Å². The first kappa shape index (κ1) is 13.1. The molecule has 2 heterocycles. The Morgan fingerprint density at radius 3 is 2.50 bits per heavy atom. The second-order valence-electron chi connectivity index (χ2n) is 6.45. The van der Waals surface area contributed by atoms with Gasteiger partial charge in [-0.2, -0.15) is 0 Å². The van der Waals surface area contributed by atoms with Gasteiger partial charge in [0.2, 0.25) is 0 Å². The molecule has 18 heavy (non-hydrogen) atoms. The third-order valence-electron chi connectivity index (χ3n) is 4.19. The zero-order chi connectivity index (χ0) is 13.5. The molecule has 0 aromatic carbocycles. The summed E-state index contributed by atoms with van der Waals surface area (Å²) in [5, 5.41) is 13.8. The number of rotatable bonds is 1. The first-order chi connectivity index (χ1) is 8.34. The summed E-state index contributed by atoms with van der Waals surface area (Å²) in [4.78, 5) is 23.5. The number of nitroso groups, excluding NO2 is 1. The van der Waals surface area contributed by atoms with Crippen molar-refractivity contribution in [1.82, 2.24) is 9.91 Å². The zero-order valence-corrected chi connectivity index (χ0v) is 11.2. The third kappa shape index (κ3) is 2.15. The Morgan fingerprint density at radius 1 is 1.33 bits per heavy atom. The molecule has 0 aromatic rings. The van der Waals surface area contributed by atoms with Crippen molar-refractivity contribution in [2.45, 2.75) is 33.2 Å². The van der Waals surface area contributed by atoms with Gasteiger partial charge in [0.25, 0.3) is 0 Å². The molecule has 0 bridgehead atoms. The Kier molecular flexibility index (Phi) is 3.21. The number of piperidine rings is 1. The van der Waals surface area contributed by atoms with Crippen LogP contribution in [0, 0.1) is 22.2 Å². The van der Waals surface area contributed by atoms with Gasteiger partial charge in [0.1, 0.15) is 0 Å². The van der Waals surface area contributed by atoms with Gasteiger partial charge in [-0.15, -0.1) is 4.91 Å². The molecule has 1 N–H and O–H groups in total. The number of amides is 1. The lowest BCUT2D eigenvalue weighted by molar-refractivity contribution is 0.0749. The smallest absolute Gasteiger partial charge is 0.407 e. The van der Waals surface area contributed by atoms with Crippen LogP contribution in [-0.4, -0.2) is 46.8 Å². The molecule has 102 valence electrons. The fraction of sp³-hybridized carbons (Fsp3) is 0.917. The van der Waals surface area contributed by atoms with Crippen LogP contribution >= 0.6 is 0 Å². The van der Waals surface area contributed by atoms with Crippen LogP contribution in [0.25, 0.3) is 0 Å². The van der Waals surface area contributed by atoms with E-state index in [1.807, 2.05) is 0 Å². The van der Waals surface area contributed by atoms with Crippen LogP contribution in [0.4, 0.5) is 4.79 Å². The van der Waals surface area contributed by atoms with Crippen LogP contribution in [0.1, 0.15) is 27.2 Å². The highest BCUT2D eigenvalue weighted by Gasteiger charge is 2.50. The summed E-state index contributed by atoms with van der Waals surface area (Å²) < 4.78 is 0. The molecule has 2 saturated heterocycles. The quantitative estimate of drug-likeness (QED) is 0.727. The second kappa shape index (κ2) is 4.40. The maximum atomic E-state index is 11.4. The summed E-state index contributed by atoms with van der Waals surface area (Å²) in [6.45, 7) is 8.00. The van der Waals surface area contributed by atoms with Gasteiger partial charge in [0.05, 0.1) is 5.29 Å². The van der Waals surface area contributed by atoms with E-state index >= 15 is 0 Å². The zero-order valence-electron chi connectivity index (χ0n) is 11.2. The number of hydrogen-bond donors (Lipinski definition) is 1. The van der Waals surface area contributed by atoms with Gasteiger partial charge in [0, 0.05) is 31.6 Å².